The minimum atomic E-state index is 0.972. The number of unbranched alkanes of at least 4 members (excludes halogenated alkanes) is 1. The molecule has 1 nitrogen and oxygen atoms in total. The van der Waals surface area contributed by atoms with Crippen LogP contribution >= 0.6 is 0 Å². The molecule has 0 radical (unpaired) electrons. The van der Waals surface area contributed by atoms with Crippen LogP contribution in [-0.2, 0) is 7.05 Å². The molecular weight excluding hydrogens is 206 g/mol. The molecule has 2 aromatic rings. The van der Waals surface area contributed by atoms with Crippen molar-refractivity contribution in [1.82, 2.24) is 4.57 Å². The molecule has 1 aromatic carbocycles. The topological polar surface area (TPSA) is 4.93 Å². The van der Waals surface area contributed by atoms with Crippen LogP contribution in [0, 0.1) is 11.8 Å². The molecule has 0 aliphatic rings. The Morgan fingerprint density at radius 2 is 2.12 bits per heavy atom. The summed E-state index contributed by atoms with van der Waals surface area (Å²) >= 11 is 0. The standard InChI is InChI=1S/C16H17N/c1-3-4-5-6-7-11-15-13-14-10-8-9-12-16(14)17(15)2/h7-13H,3-4H2,1-2H3/b11-7-. The van der Waals surface area contributed by atoms with E-state index in [1.54, 1.807) is 0 Å². The lowest BCUT2D eigenvalue weighted by atomic mass is 10.2. The van der Waals surface area contributed by atoms with Crippen LogP contribution in [0.4, 0.5) is 0 Å². The molecule has 0 N–H and O–H groups in total. The van der Waals surface area contributed by atoms with Crippen LogP contribution in [0.15, 0.2) is 36.4 Å². The molecule has 1 aromatic heterocycles. The van der Waals surface area contributed by atoms with E-state index >= 15 is 0 Å². The van der Waals surface area contributed by atoms with E-state index in [0.29, 0.717) is 0 Å². The smallest absolute Gasteiger partial charge is 0.0482 e. The van der Waals surface area contributed by atoms with Gasteiger partial charge in [-0.05, 0) is 30.7 Å². The Labute approximate surface area is 103 Å². The maximum atomic E-state index is 3.11. The van der Waals surface area contributed by atoms with Crippen LogP contribution in [0.5, 0.6) is 0 Å². The number of benzene rings is 1. The minimum Gasteiger partial charge on any atom is -0.344 e. The number of para-hydroxylation sites is 1. The molecule has 0 spiro atoms. The summed E-state index contributed by atoms with van der Waals surface area (Å²) in [6.07, 6.45) is 6.10. The van der Waals surface area contributed by atoms with E-state index in [-0.39, 0.29) is 0 Å². The molecule has 0 aliphatic heterocycles. The lowest BCUT2D eigenvalue weighted by Gasteiger charge is -1.97. The third-order valence-electron chi connectivity index (χ3n) is 2.80. The second-order valence-corrected chi connectivity index (χ2v) is 4.09. The maximum Gasteiger partial charge on any atom is 0.0482 e. The Morgan fingerprint density at radius 1 is 1.29 bits per heavy atom. The van der Waals surface area contributed by atoms with Crippen molar-refractivity contribution in [3.63, 3.8) is 0 Å². The quantitative estimate of drug-likeness (QED) is 0.678. The fraction of sp³-hybridized carbons (Fsp3) is 0.250. The highest BCUT2D eigenvalue weighted by Crippen LogP contribution is 2.18. The van der Waals surface area contributed by atoms with Gasteiger partial charge in [-0.25, -0.2) is 0 Å². The number of aryl methyl sites for hydroxylation is 1. The van der Waals surface area contributed by atoms with Crippen molar-refractivity contribution in [3.05, 3.63) is 42.1 Å². The third-order valence-corrected chi connectivity index (χ3v) is 2.80. The first-order valence-electron chi connectivity index (χ1n) is 6.02. The molecule has 0 saturated carbocycles. The predicted octanol–water partition coefficient (Wildman–Crippen LogP) is 4.00. The van der Waals surface area contributed by atoms with Crippen LogP contribution < -0.4 is 0 Å². The van der Waals surface area contributed by atoms with E-state index in [9.17, 15) is 0 Å². The molecule has 17 heavy (non-hydrogen) atoms. The van der Waals surface area contributed by atoms with Crippen molar-refractivity contribution in [1.29, 1.82) is 0 Å². The van der Waals surface area contributed by atoms with Crippen LogP contribution in [0.2, 0.25) is 0 Å². The number of hydrogen-bond donors (Lipinski definition) is 0. The molecule has 0 amide bonds. The summed E-state index contributed by atoms with van der Waals surface area (Å²) in [6, 6.07) is 10.6. The van der Waals surface area contributed by atoms with Gasteiger partial charge in [0.15, 0.2) is 0 Å². The zero-order valence-electron chi connectivity index (χ0n) is 10.4. The molecule has 2 rings (SSSR count). The van der Waals surface area contributed by atoms with Gasteiger partial charge in [-0.1, -0.05) is 37.0 Å². The van der Waals surface area contributed by atoms with Gasteiger partial charge in [-0.3, -0.25) is 0 Å². The Bertz CT molecular complexity index is 591. The average Bonchev–Trinajstić information content (AvgIpc) is 2.67. The molecule has 1 heterocycles. The largest absolute Gasteiger partial charge is 0.344 e. The van der Waals surface area contributed by atoms with E-state index in [1.165, 1.54) is 16.6 Å². The number of allylic oxidation sites excluding steroid dienone is 1. The van der Waals surface area contributed by atoms with E-state index in [2.05, 4.69) is 66.8 Å². The summed E-state index contributed by atoms with van der Waals surface area (Å²) in [7, 11) is 2.08. The normalized spacial score (nSPS) is 10.7. The third kappa shape index (κ3) is 2.60. The lowest BCUT2D eigenvalue weighted by Crippen LogP contribution is -1.88. The fourth-order valence-electron chi connectivity index (χ4n) is 1.85. The molecule has 0 saturated heterocycles. The van der Waals surface area contributed by atoms with Crippen molar-refractivity contribution < 1.29 is 0 Å². The van der Waals surface area contributed by atoms with Gasteiger partial charge in [0.2, 0.25) is 0 Å². The van der Waals surface area contributed by atoms with Gasteiger partial charge in [0, 0.05) is 30.1 Å². The molecular formula is C16H17N. The molecule has 0 unspecified atom stereocenters. The van der Waals surface area contributed by atoms with Gasteiger partial charge in [0.1, 0.15) is 0 Å². The average molecular weight is 223 g/mol. The first-order chi connectivity index (χ1) is 8.33. The van der Waals surface area contributed by atoms with Gasteiger partial charge < -0.3 is 4.57 Å². The van der Waals surface area contributed by atoms with E-state index in [1.807, 2.05) is 6.08 Å². The number of fused-ring (bicyclic) bond motifs is 1. The van der Waals surface area contributed by atoms with Crippen LogP contribution in [0.25, 0.3) is 17.0 Å². The molecule has 0 bridgehead atoms. The van der Waals surface area contributed by atoms with Gasteiger partial charge in [-0.15, -0.1) is 0 Å². The number of aromatic nitrogens is 1. The second kappa shape index (κ2) is 5.41. The van der Waals surface area contributed by atoms with Gasteiger partial charge in [-0.2, -0.15) is 0 Å². The minimum absolute atomic E-state index is 0.972. The highest BCUT2D eigenvalue weighted by Gasteiger charge is 2.00. The van der Waals surface area contributed by atoms with Crippen molar-refractivity contribution >= 4 is 17.0 Å². The zero-order valence-corrected chi connectivity index (χ0v) is 10.4. The molecule has 0 atom stereocenters. The number of nitrogens with zero attached hydrogens (tertiary/aromatic N) is 1. The molecule has 0 aliphatic carbocycles. The first kappa shape index (κ1) is 11.5. The molecule has 1 heteroatoms. The SMILES string of the molecule is CCCC#C/C=C\c1cc2ccccc2n1C. The summed E-state index contributed by atoms with van der Waals surface area (Å²) in [6.45, 7) is 2.14. The van der Waals surface area contributed by atoms with Crippen molar-refractivity contribution in [2.75, 3.05) is 0 Å². The predicted molar refractivity (Wildman–Crippen MR) is 74.6 cm³/mol. The highest BCUT2D eigenvalue weighted by molar-refractivity contribution is 5.83. The summed E-state index contributed by atoms with van der Waals surface area (Å²) in [4.78, 5) is 0. The van der Waals surface area contributed by atoms with Crippen molar-refractivity contribution in [3.8, 4) is 11.8 Å². The van der Waals surface area contributed by atoms with Crippen LogP contribution in [-0.4, -0.2) is 4.57 Å². The molecule has 0 fully saturated rings. The Balaban J connectivity index is 2.25. The number of hydrogen-bond acceptors (Lipinski definition) is 0. The lowest BCUT2D eigenvalue weighted by molar-refractivity contribution is 0.955. The van der Waals surface area contributed by atoms with E-state index in [4.69, 9.17) is 0 Å². The monoisotopic (exact) mass is 223 g/mol. The summed E-state index contributed by atoms with van der Waals surface area (Å²) in [5, 5.41) is 1.27. The van der Waals surface area contributed by atoms with Crippen LogP contribution in [0.3, 0.4) is 0 Å². The Kier molecular flexibility index (Phi) is 3.67. The molecule has 86 valence electrons. The van der Waals surface area contributed by atoms with E-state index in [0.717, 1.165) is 12.8 Å². The number of rotatable bonds is 2. The zero-order chi connectivity index (χ0) is 12.1. The van der Waals surface area contributed by atoms with Crippen LogP contribution in [0.1, 0.15) is 25.5 Å². The maximum absolute atomic E-state index is 3.11. The van der Waals surface area contributed by atoms with Gasteiger partial charge in [0.25, 0.3) is 0 Å². The van der Waals surface area contributed by atoms with Gasteiger partial charge in [0.05, 0.1) is 0 Å². The van der Waals surface area contributed by atoms with Crippen molar-refractivity contribution in [2.24, 2.45) is 7.05 Å². The summed E-state index contributed by atoms with van der Waals surface area (Å²) < 4.78 is 2.19. The summed E-state index contributed by atoms with van der Waals surface area (Å²) in [5.41, 5.74) is 2.45. The first-order valence-corrected chi connectivity index (χ1v) is 6.02. The second-order valence-electron chi connectivity index (χ2n) is 4.09. The fourth-order valence-corrected chi connectivity index (χ4v) is 1.85. The van der Waals surface area contributed by atoms with Gasteiger partial charge >= 0.3 is 0 Å². The van der Waals surface area contributed by atoms with Crippen molar-refractivity contribution in [2.45, 2.75) is 19.8 Å². The summed E-state index contributed by atoms with van der Waals surface area (Å²) in [5.74, 6) is 6.17. The highest BCUT2D eigenvalue weighted by atomic mass is 14.9. The Morgan fingerprint density at radius 3 is 2.88 bits per heavy atom. The Hall–Kier alpha value is -1.94. The van der Waals surface area contributed by atoms with E-state index < -0.39 is 0 Å².